The fraction of sp³-hybridized carbons (Fsp3) is 0.438. The molecule has 0 aliphatic carbocycles. The highest BCUT2D eigenvalue weighted by atomic mass is 16.3. The van der Waals surface area contributed by atoms with Gasteiger partial charge in [-0.1, -0.05) is 50.6 Å². The van der Waals surface area contributed by atoms with E-state index >= 15 is 0 Å². The van der Waals surface area contributed by atoms with E-state index in [0.717, 1.165) is 12.2 Å². The summed E-state index contributed by atoms with van der Waals surface area (Å²) in [6.07, 6.45) is 4.72. The Morgan fingerprint density at radius 3 is 2.58 bits per heavy atom. The first-order chi connectivity index (χ1) is 9.22. The predicted octanol–water partition coefficient (Wildman–Crippen LogP) is 3.14. The van der Waals surface area contributed by atoms with Crippen LogP contribution < -0.4 is 0 Å². The Labute approximate surface area is 114 Å². The summed E-state index contributed by atoms with van der Waals surface area (Å²) in [6, 6.07) is 10.3. The standard InChI is InChI=1S/C16H22N2O/c1-3-12(2)16(13-7-5-4-6-8-13)14(19)11-15-17-9-10-18-15/h4-10,12,14,16,19H,3,11H2,1-2H3,(H,17,18). The Balaban J connectivity index is 2.18. The molecule has 1 aromatic heterocycles. The predicted molar refractivity (Wildman–Crippen MR) is 76.9 cm³/mol. The van der Waals surface area contributed by atoms with Crippen LogP contribution in [0.15, 0.2) is 42.7 Å². The second kappa shape index (κ2) is 6.53. The molecule has 0 aliphatic rings. The number of benzene rings is 1. The molecule has 2 rings (SSSR count). The van der Waals surface area contributed by atoms with Gasteiger partial charge < -0.3 is 10.1 Å². The van der Waals surface area contributed by atoms with Gasteiger partial charge in [-0.2, -0.15) is 0 Å². The Morgan fingerprint density at radius 1 is 1.26 bits per heavy atom. The smallest absolute Gasteiger partial charge is 0.108 e. The van der Waals surface area contributed by atoms with Crippen molar-refractivity contribution in [3.63, 3.8) is 0 Å². The van der Waals surface area contributed by atoms with E-state index in [4.69, 9.17) is 0 Å². The van der Waals surface area contributed by atoms with Gasteiger partial charge in [-0.25, -0.2) is 4.98 Å². The molecule has 3 nitrogen and oxygen atoms in total. The second-order valence-corrected chi connectivity index (χ2v) is 5.13. The summed E-state index contributed by atoms with van der Waals surface area (Å²) in [6.45, 7) is 4.36. The lowest BCUT2D eigenvalue weighted by Gasteiger charge is -2.28. The molecule has 0 spiro atoms. The first-order valence-corrected chi connectivity index (χ1v) is 6.93. The summed E-state index contributed by atoms with van der Waals surface area (Å²) in [5.41, 5.74) is 1.20. The van der Waals surface area contributed by atoms with Crippen LogP contribution in [0.3, 0.4) is 0 Å². The minimum Gasteiger partial charge on any atom is -0.392 e. The molecular formula is C16H22N2O. The van der Waals surface area contributed by atoms with Crippen LogP contribution in [-0.2, 0) is 6.42 Å². The van der Waals surface area contributed by atoms with E-state index in [2.05, 4.69) is 35.9 Å². The maximum atomic E-state index is 10.6. The van der Waals surface area contributed by atoms with Gasteiger partial charge in [0.1, 0.15) is 5.82 Å². The Kier molecular flexibility index (Phi) is 4.74. The molecular weight excluding hydrogens is 236 g/mol. The molecule has 0 bridgehead atoms. The number of rotatable bonds is 6. The zero-order valence-electron chi connectivity index (χ0n) is 11.6. The molecule has 3 atom stereocenters. The maximum absolute atomic E-state index is 10.6. The first-order valence-electron chi connectivity index (χ1n) is 6.93. The van der Waals surface area contributed by atoms with E-state index in [1.165, 1.54) is 5.56 Å². The van der Waals surface area contributed by atoms with E-state index in [1.807, 2.05) is 18.2 Å². The Bertz CT molecular complexity index is 467. The molecule has 0 radical (unpaired) electrons. The van der Waals surface area contributed by atoms with Crippen molar-refractivity contribution in [3.05, 3.63) is 54.1 Å². The summed E-state index contributed by atoms with van der Waals surface area (Å²) in [5.74, 6) is 1.43. The van der Waals surface area contributed by atoms with Crippen LogP contribution >= 0.6 is 0 Å². The van der Waals surface area contributed by atoms with Crippen LogP contribution in [0, 0.1) is 5.92 Å². The van der Waals surface area contributed by atoms with Gasteiger partial charge in [0.25, 0.3) is 0 Å². The van der Waals surface area contributed by atoms with Crippen LogP contribution in [0.2, 0.25) is 0 Å². The van der Waals surface area contributed by atoms with Crippen molar-refractivity contribution in [1.29, 1.82) is 0 Å². The van der Waals surface area contributed by atoms with Gasteiger partial charge in [0.05, 0.1) is 6.10 Å². The molecule has 0 fully saturated rings. The number of hydrogen-bond donors (Lipinski definition) is 2. The summed E-state index contributed by atoms with van der Waals surface area (Å²) in [7, 11) is 0. The molecule has 2 N–H and O–H groups in total. The molecule has 2 aromatic rings. The van der Waals surface area contributed by atoms with Gasteiger partial charge in [-0.05, 0) is 11.5 Å². The summed E-state index contributed by atoms with van der Waals surface area (Å²) < 4.78 is 0. The molecule has 1 aromatic carbocycles. The Morgan fingerprint density at radius 2 is 2.00 bits per heavy atom. The van der Waals surface area contributed by atoms with Crippen molar-refractivity contribution in [2.24, 2.45) is 5.92 Å². The zero-order chi connectivity index (χ0) is 13.7. The van der Waals surface area contributed by atoms with Crippen molar-refractivity contribution in [2.45, 2.75) is 38.7 Å². The van der Waals surface area contributed by atoms with Gasteiger partial charge in [-0.3, -0.25) is 0 Å². The third-order valence-electron chi connectivity index (χ3n) is 3.81. The van der Waals surface area contributed by atoms with Crippen LogP contribution in [0.1, 0.15) is 37.6 Å². The van der Waals surface area contributed by atoms with Gasteiger partial charge in [0.15, 0.2) is 0 Å². The minimum atomic E-state index is -0.413. The van der Waals surface area contributed by atoms with Crippen molar-refractivity contribution < 1.29 is 5.11 Å². The lowest BCUT2D eigenvalue weighted by molar-refractivity contribution is 0.115. The lowest BCUT2D eigenvalue weighted by atomic mass is 9.80. The molecule has 0 amide bonds. The van der Waals surface area contributed by atoms with Gasteiger partial charge in [0, 0.05) is 24.7 Å². The lowest BCUT2D eigenvalue weighted by Crippen LogP contribution is -2.26. The molecule has 19 heavy (non-hydrogen) atoms. The average Bonchev–Trinajstić information content (AvgIpc) is 2.93. The quantitative estimate of drug-likeness (QED) is 0.836. The number of aromatic amines is 1. The number of nitrogens with one attached hydrogen (secondary N) is 1. The van der Waals surface area contributed by atoms with Crippen LogP contribution in [0.25, 0.3) is 0 Å². The van der Waals surface area contributed by atoms with E-state index in [0.29, 0.717) is 12.3 Å². The molecule has 3 heteroatoms. The third-order valence-corrected chi connectivity index (χ3v) is 3.81. The number of aromatic nitrogens is 2. The summed E-state index contributed by atoms with van der Waals surface area (Å²) in [4.78, 5) is 7.26. The Hall–Kier alpha value is -1.61. The summed E-state index contributed by atoms with van der Waals surface area (Å²) in [5, 5.41) is 10.6. The van der Waals surface area contributed by atoms with Crippen LogP contribution in [0.4, 0.5) is 0 Å². The topological polar surface area (TPSA) is 48.9 Å². The molecule has 3 unspecified atom stereocenters. The number of nitrogens with zero attached hydrogens (tertiary/aromatic N) is 1. The van der Waals surface area contributed by atoms with E-state index in [1.54, 1.807) is 12.4 Å². The highest BCUT2D eigenvalue weighted by Crippen LogP contribution is 2.31. The fourth-order valence-electron chi connectivity index (χ4n) is 2.59. The van der Waals surface area contributed by atoms with Crippen molar-refractivity contribution in [1.82, 2.24) is 9.97 Å². The molecule has 0 aliphatic heterocycles. The molecule has 0 saturated heterocycles. The molecule has 0 saturated carbocycles. The van der Waals surface area contributed by atoms with E-state index < -0.39 is 6.10 Å². The van der Waals surface area contributed by atoms with E-state index in [-0.39, 0.29) is 5.92 Å². The normalized spacial score (nSPS) is 15.9. The van der Waals surface area contributed by atoms with Gasteiger partial charge in [0.2, 0.25) is 0 Å². The highest BCUT2D eigenvalue weighted by Gasteiger charge is 2.26. The zero-order valence-corrected chi connectivity index (χ0v) is 11.6. The number of aliphatic hydroxyl groups is 1. The third kappa shape index (κ3) is 3.44. The maximum Gasteiger partial charge on any atom is 0.108 e. The van der Waals surface area contributed by atoms with Crippen LogP contribution in [0.5, 0.6) is 0 Å². The highest BCUT2D eigenvalue weighted by molar-refractivity contribution is 5.22. The average molecular weight is 258 g/mol. The van der Waals surface area contributed by atoms with Crippen molar-refractivity contribution in [3.8, 4) is 0 Å². The minimum absolute atomic E-state index is 0.149. The molecule has 1 heterocycles. The first kappa shape index (κ1) is 13.8. The van der Waals surface area contributed by atoms with Crippen molar-refractivity contribution in [2.75, 3.05) is 0 Å². The van der Waals surface area contributed by atoms with Crippen molar-refractivity contribution >= 4 is 0 Å². The SMILES string of the molecule is CCC(C)C(c1ccccc1)C(O)Cc1ncc[nH]1. The summed E-state index contributed by atoms with van der Waals surface area (Å²) >= 11 is 0. The van der Waals surface area contributed by atoms with Gasteiger partial charge in [-0.15, -0.1) is 0 Å². The fourth-order valence-corrected chi connectivity index (χ4v) is 2.59. The second-order valence-electron chi connectivity index (χ2n) is 5.13. The number of hydrogen-bond acceptors (Lipinski definition) is 2. The number of aliphatic hydroxyl groups excluding tert-OH is 1. The number of imidazole rings is 1. The van der Waals surface area contributed by atoms with E-state index in [9.17, 15) is 5.11 Å². The van der Waals surface area contributed by atoms with Gasteiger partial charge >= 0.3 is 0 Å². The molecule has 102 valence electrons. The monoisotopic (exact) mass is 258 g/mol. The largest absolute Gasteiger partial charge is 0.392 e. The van der Waals surface area contributed by atoms with Crippen LogP contribution in [-0.4, -0.2) is 21.2 Å². The number of H-pyrrole nitrogens is 1.